The van der Waals surface area contributed by atoms with E-state index in [0.717, 1.165) is 37.7 Å². The van der Waals surface area contributed by atoms with Crippen LogP contribution in [0.3, 0.4) is 0 Å². The molecule has 2 heterocycles. The summed E-state index contributed by atoms with van der Waals surface area (Å²) in [5.74, 6) is 0.882. The first-order valence-electron chi connectivity index (χ1n) is 9.29. The van der Waals surface area contributed by atoms with Gasteiger partial charge in [-0.25, -0.2) is 0 Å². The van der Waals surface area contributed by atoms with Crippen LogP contribution in [-0.2, 0) is 17.9 Å². The van der Waals surface area contributed by atoms with E-state index in [1.807, 2.05) is 30.3 Å². The Kier molecular flexibility index (Phi) is 6.83. The van der Waals surface area contributed by atoms with Crippen LogP contribution in [0.2, 0.25) is 0 Å². The van der Waals surface area contributed by atoms with Gasteiger partial charge in [-0.15, -0.1) is 0 Å². The zero-order valence-corrected chi connectivity index (χ0v) is 15.1. The van der Waals surface area contributed by atoms with Crippen molar-refractivity contribution in [3.05, 3.63) is 59.9 Å². The molecule has 1 atom stereocenters. The second kappa shape index (κ2) is 9.54. The van der Waals surface area contributed by atoms with Gasteiger partial charge in [-0.2, -0.15) is 0 Å². The highest BCUT2D eigenvalue weighted by Gasteiger charge is 2.17. The molecule has 25 heavy (non-hydrogen) atoms. The lowest BCUT2D eigenvalue weighted by Crippen LogP contribution is -2.35. The van der Waals surface area contributed by atoms with Gasteiger partial charge in [0, 0.05) is 25.9 Å². The summed E-state index contributed by atoms with van der Waals surface area (Å²) in [5, 5.41) is 0. The first-order valence-corrected chi connectivity index (χ1v) is 9.29. The molecular formula is C21H28N2O2. The van der Waals surface area contributed by atoms with Crippen molar-refractivity contribution in [2.75, 3.05) is 19.7 Å². The lowest BCUT2D eigenvalue weighted by molar-refractivity contribution is -0.00624. The van der Waals surface area contributed by atoms with E-state index in [1.54, 1.807) is 6.20 Å². The number of nitrogens with zero attached hydrogens (tertiary/aromatic N) is 2. The van der Waals surface area contributed by atoms with Crippen LogP contribution in [0.4, 0.5) is 0 Å². The van der Waals surface area contributed by atoms with Crippen molar-refractivity contribution < 1.29 is 9.47 Å². The van der Waals surface area contributed by atoms with Crippen LogP contribution in [0.25, 0.3) is 0 Å². The van der Waals surface area contributed by atoms with Crippen molar-refractivity contribution in [1.29, 1.82) is 0 Å². The van der Waals surface area contributed by atoms with Crippen LogP contribution in [0.15, 0.2) is 48.7 Å². The Labute approximate surface area is 150 Å². The molecule has 1 fully saturated rings. The van der Waals surface area contributed by atoms with E-state index in [0.29, 0.717) is 12.7 Å². The maximum atomic E-state index is 5.87. The highest BCUT2D eigenvalue weighted by molar-refractivity contribution is 5.27. The highest BCUT2D eigenvalue weighted by Crippen LogP contribution is 2.17. The molecule has 3 rings (SSSR count). The van der Waals surface area contributed by atoms with Gasteiger partial charge in [0.1, 0.15) is 12.4 Å². The Bertz CT molecular complexity index is 610. The van der Waals surface area contributed by atoms with Gasteiger partial charge in [0.2, 0.25) is 0 Å². The number of benzene rings is 1. The van der Waals surface area contributed by atoms with Crippen molar-refractivity contribution >= 4 is 0 Å². The molecule has 4 nitrogen and oxygen atoms in total. The molecule has 1 aromatic carbocycles. The van der Waals surface area contributed by atoms with E-state index in [4.69, 9.17) is 9.47 Å². The molecule has 0 N–H and O–H groups in total. The summed E-state index contributed by atoms with van der Waals surface area (Å²) >= 11 is 0. The maximum Gasteiger partial charge on any atom is 0.130 e. The van der Waals surface area contributed by atoms with Gasteiger partial charge in [0.05, 0.1) is 11.8 Å². The number of likely N-dealkylation sites (N-methyl/N-ethyl adjacent to an activating group) is 1. The Morgan fingerprint density at radius 1 is 1.16 bits per heavy atom. The number of aromatic nitrogens is 1. The summed E-state index contributed by atoms with van der Waals surface area (Å²) in [6, 6.07) is 14.3. The van der Waals surface area contributed by atoms with Crippen LogP contribution in [-0.4, -0.2) is 35.7 Å². The second-order valence-electron chi connectivity index (χ2n) is 6.57. The number of hydrogen-bond acceptors (Lipinski definition) is 4. The highest BCUT2D eigenvalue weighted by atomic mass is 16.5. The average Bonchev–Trinajstić information content (AvgIpc) is 2.68. The predicted octanol–water partition coefficient (Wildman–Crippen LogP) is 4.05. The van der Waals surface area contributed by atoms with Crippen LogP contribution in [0.5, 0.6) is 5.75 Å². The zero-order valence-electron chi connectivity index (χ0n) is 15.1. The molecule has 0 bridgehead atoms. The van der Waals surface area contributed by atoms with Gasteiger partial charge in [0.15, 0.2) is 0 Å². The Balaban J connectivity index is 1.48. The summed E-state index contributed by atoms with van der Waals surface area (Å²) in [5.41, 5.74) is 2.25. The van der Waals surface area contributed by atoms with Gasteiger partial charge in [-0.05, 0) is 55.6 Å². The third-order valence-electron chi connectivity index (χ3n) is 4.63. The van der Waals surface area contributed by atoms with Crippen LogP contribution >= 0.6 is 0 Å². The molecule has 1 saturated heterocycles. The minimum Gasteiger partial charge on any atom is -0.487 e. The topological polar surface area (TPSA) is 34.6 Å². The molecule has 134 valence electrons. The molecule has 0 amide bonds. The van der Waals surface area contributed by atoms with Crippen LogP contribution < -0.4 is 4.74 Å². The lowest BCUT2D eigenvalue weighted by atomic mass is 10.1. The van der Waals surface area contributed by atoms with Crippen molar-refractivity contribution in [2.45, 2.75) is 45.4 Å². The minimum atomic E-state index is 0.398. The normalized spacial score (nSPS) is 17.6. The van der Waals surface area contributed by atoms with Crippen molar-refractivity contribution in [3.63, 3.8) is 0 Å². The molecule has 0 aliphatic carbocycles. The Hall–Kier alpha value is -1.91. The molecule has 0 radical (unpaired) electrons. The van der Waals surface area contributed by atoms with Gasteiger partial charge >= 0.3 is 0 Å². The zero-order chi connectivity index (χ0) is 17.3. The number of pyridine rings is 1. The van der Waals surface area contributed by atoms with E-state index in [1.165, 1.54) is 24.8 Å². The molecule has 1 aliphatic heterocycles. The van der Waals surface area contributed by atoms with Crippen molar-refractivity contribution in [2.24, 2.45) is 0 Å². The van der Waals surface area contributed by atoms with Gasteiger partial charge in [-0.3, -0.25) is 9.88 Å². The quantitative estimate of drug-likeness (QED) is 0.726. The van der Waals surface area contributed by atoms with Gasteiger partial charge < -0.3 is 9.47 Å². The summed E-state index contributed by atoms with van der Waals surface area (Å²) in [6.45, 7) is 6.65. The minimum absolute atomic E-state index is 0.398. The van der Waals surface area contributed by atoms with Crippen molar-refractivity contribution in [3.8, 4) is 5.75 Å². The Morgan fingerprint density at radius 2 is 2.04 bits per heavy atom. The fourth-order valence-corrected chi connectivity index (χ4v) is 3.13. The first-order chi connectivity index (χ1) is 12.3. The van der Waals surface area contributed by atoms with Gasteiger partial charge in [0.25, 0.3) is 0 Å². The first kappa shape index (κ1) is 17.9. The SMILES string of the molecule is CCN(Cc1ccc(OCc2ccccn2)cc1)CC1CCCCO1. The molecular weight excluding hydrogens is 312 g/mol. The summed E-state index contributed by atoms with van der Waals surface area (Å²) < 4.78 is 11.7. The summed E-state index contributed by atoms with van der Waals surface area (Å²) in [6.07, 6.45) is 5.89. The predicted molar refractivity (Wildman–Crippen MR) is 99.6 cm³/mol. The molecule has 0 saturated carbocycles. The molecule has 1 aromatic heterocycles. The van der Waals surface area contributed by atoms with Crippen LogP contribution in [0.1, 0.15) is 37.4 Å². The summed E-state index contributed by atoms with van der Waals surface area (Å²) in [7, 11) is 0. The summed E-state index contributed by atoms with van der Waals surface area (Å²) in [4.78, 5) is 6.73. The molecule has 2 aromatic rings. The maximum absolute atomic E-state index is 5.87. The van der Waals surface area contributed by atoms with E-state index in [9.17, 15) is 0 Å². The third-order valence-corrected chi connectivity index (χ3v) is 4.63. The standard InChI is InChI=1S/C21H28N2O2/c1-2-23(16-21-8-4-6-14-24-21)15-18-9-11-20(12-10-18)25-17-19-7-3-5-13-22-19/h3,5,7,9-13,21H,2,4,6,8,14-17H2,1H3. The smallest absolute Gasteiger partial charge is 0.130 e. The van der Waals surface area contributed by atoms with E-state index < -0.39 is 0 Å². The molecule has 1 unspecified atom stereocenters. The monoisotopic (exact) mass is 340 g/mol. The second-order valence-corrected chi connectivity index (χ2v) is 6.57. The number of ether oxygens (including phenoxy) is 2. The average molecular weight is 340 g/mol. The van der Waals surface area contributed by atoms with E-state index >= 15 is 0 Å². The van der Waals surface area contributed by atoms with Crippen molar-refractivity contribution in [1.82, 2.24) is 9.88 Å². The van der Waals surface area contributed by atoms with Gasteiger partial charge in [-0.1, -0.05) is 25.1 Å². The van der Waals surface area contributed by atoms with E-state index in [2.05, 4.69) is 28.9 Å². The fraction of sp³-hybridized carbons (Fsp3) is 0.476. The molecule has 1 aliphatic rings. The number of hydrogen-bond donors (Lipinski definition) is 0. The number of rotatable bonds is 8. The van der Waals surface area contributed by atoms with E-state index in [-0.39, 0.29) is 0 Å². The van der Waals surface area contributed by atoms with Crippen LogP contribution in [0, 0.1) is 0 Å². The largest absolute Gasteiger partial charge is 0.487 e. The molecule has 4 heteroatoms. The fourth-order valence-electron chi connectivity index (χ4n) is 3.13. The lowest BCUT2D eigenvalue weighted by Gasteiger charge is -2.29. The molecule has 0 spiro atoms. The third kappa shape index (κ3) is 5.83. The Morgan fingerprint density at radius 3 is 2.72 bits per heavy atom.